The van der Waals surface area contributed by atoms with Crippen LogP contribution in [-0.2, 0) is 5.75 Å². The molecule has 0 aliphatic heterocycles. The number of imidazole rings is 1. The molecule has 0 saturated carbocycles. The minimum atomic E-state index is 0.484. The normalized spacial score (nSPS) is 11.1. The minimum Gasteiger partial charge on any atom is -0.468 e. The Hall–Kier alpha value is -1.95. The van der Waals surface area contributed by atoms with Gasteiger partial charge in [0, 0.05) is 12.4 Å². The van der Waals surface area contributed by atoms with Crippen LogP contribution in [0, 0.1) is 0 Å². The van der Waals surface area contributed by atoms with E-state index in [0.717, 1.165) is 16.4 Å². The molecule has 0 bridgehead atoms. The molecule has 0 amide bonds. The Labute approximate surface area is 102 Å². The lowest BCUT2D eigenvalue weighted by atomic mass is 10.5. The maximum atomic E-state index is 5.74. The van der Waals surface area contributed by atoms with Crippen molar-refractivity contribution in [2.24, 2.45) is 0 Å². The lowest BCUT2D eigenvalue weighted by Crippen LogP contribution is -1.97. The SMILES string of the molecule is Nc1cn2ccnc2c(SCc2ccco2)n1. The Morgan fingerprint density at radius 3 is 3.24 bits per heavy atom. The van der Waals surface area contributed by atoms with E-state index in [1.54, 1.807) is 30.4 Å². The van der Waals surface area contributed by atoms with Gasteiger partial charge in [0.15, 0.2) is 5.65 Å². The molecule has 0 fully saturated rings. The number of hydrogen-bond acceptors (Lipinski definition) is 5. The number of nitrogens with two attached hydrogens (primary N) is 1. The van der Waals surface area contributed by atoms with Crippen molar-refractivity contribution < 1.29 is 4.42 Å². The van der Waals surface area contributed by atoms with Crippen LogP contribution in [0.4, 0.5) is 5.82 Å². The van der Waals surface area contributed by atoms with E-state index in [0.29, 0.717) is 11.6 Å². The minimum absolute atomic E-state index is 0.484. The van der Waals surface area contributed by atoms with Gasteiger partial charge in [-0.2, -0.15) is 0 Å². The molecule has 0 aromatic carbocycles. The van der Waals surface area contributed by atoms with Gasteiger partial charge < -0.3 is 14.6 Å². The van der Waals surface area contributed by atoms with Crippen LogP contribution in [0.3, 0.4) is 0 Å². The molecule has 6 heteroatoms. The van der Waals surface area contributed by atoms with Gasteiger partial charge in [-0.15, -0.1) is 0 Å². The number of fused-ring (bicyclic) bond motifs is 1. The zero-order valence-electron chi connectivity index (χ0n) is 8.91. The van der Waals surface area contributed by atoms with Crippen LogP contribution < -0.4 is 5.73 Å². The fourth-order valence-electron chi connectivity index (χ4n) is 1.55. The summed E-state index contributed by atoms with van der Waals surface area (Å²) in [5, 5.41) is 0.811. The van der Waals surface area contributed by atoms with Gasteiger partial charge in [0.05, 0.1) is 18.2 Å². The molecular formula is C11H10N4OS. The van der Waals surface area contributed by atoms with Crippen LogP contribution in [0.15, 0.2) is 46.4 Å². The van der Waals surface area contributed by atoms with E-state index in [1.807, 2.05) is 22.7 Å². The summed E-state index contributed by atoms with van der Waals surface area (Å²) in [6, 6.07) is 3.80. The van der Waals surface area contributed by atoms with Gasteiger partial charge in [0.25, 0.3) is 0 Å². The number of anilines is 1. The predicted octanol–water partition coefficient (Wildman–Crippen LogP) is 2.20. The van der Waals surface area contributed by atoms with Crippen molar-refractivity contribution in [3.05, 3.63) is 42.7 Å². The first-order chi connectivity index (χ1) is 8.33. The Balaban J connectivity index is 1.91. The molecule has 5 nitrogen and oxygen atoms in total. The number of aromatic nitrogens is 3. The molecule has 3 rings (SSSR count). The van der Waals surface area contributed by atoms with Gasteiger partial charge in [-0.05, 0) is 12.1 Å². The van der Waals surface area contributed by atoms with Crippen molar-refractivity contribution >= 4 is 23.2 Å². The quantitative estimate of drug-likeness (QED) is 0.717. The fourth-order valence-corrected chi connectivity index (χ4v) is 2.45. The van der Waals surface area contributed by atoms with Crippen molar-refractivity contribution in [2.75, 3.05) is 5.73 Å². The zero-order valence-corrected chi connectivity index (χ0v) is 9.72. The summed E-state index contributed by atoms with van der Waals surface area (Å²) in [5.74, 6) is 2.10. The van der Waals surface area contributed by atoms with E-state index in [4.69, 9.17) is 10.2 Å². The van der Waals surface area contributed by atoms with Crippen LogP contribution in [0.2, 0.25) is 0 Å². The molecular weight excluding hydrogens is 236 g/mol. The monoisotopic (exact) mass is 246 g/mol. The molecule has 3 aromatic heterocycles. The highest BCUT2D eigenvalue weighted by atomic mass is 32.2. The summed E-state index contributed by atoms with van der Waals surface area (Å²) >= 11 is 1.56. The van der Waals surface area contributed by atoms with Gasteiger partial charge in [-0.25, -0.2) is 9.97 Å². The van der Waals surface area contributed by atoms with Crippen LogP contribution in [0.5, 0.6) is 0 Å². The van der Waals surface area contributed by atoms with Gasteiger partial charge in [-0.3, -0.25) is 0 Å². The number of furan rings is 1. The molecule has 2 N–H and O–H groups in total. The van der Waals surface area contributed by atoms with Crippen LogP contribution in [0.1, 0.15) is 5.76 Å². The first kappa shape index (κ1) is 10.2. The maximum Gasteiger partial charge on any atom is 0.169 e. The average molecular weight is 246 g/mol. The summed E-state index contributed by atoms with van der Waals surface area (Å²) in [4.78, 5) is 8.54. The third-order valence-corrected chi connectivity index (χ3v) is 3.27. The van der Waals surface area contributed by atoms with Crippen LogP contribution in [-0.4, -0.2) is 14.4 Å². The summed E-state index contributed by atoms with van der Waals surface area (Å²) in [7, 11) is 0. The van der Waals surface area contributed by atoms with Crippen molar-refractivity contribution in [2.45, 2.75) is 10.8 Å². The molecule has 0 aliphatic rings. The third kappa shape index (κ3) is 1.99. The Bertz CT molecular complexity index is 632. The number of thioether (sulfide) groups is 1. The largest absolute Gasteiger partial charge is 0.468 e. The highest BCUT2D eigenvalue weighted by molar-refractivity contribution is 7.98. The molecule has 0 saturated heterocycles. The molecule has 0 spiro atoms. The van der Waals surface area contributed by atoms with Crippen LogP contribution >= 0.6 is 11.8 Å². The van der Waals surface area contributed by atoms with Crippen molar-refractivity contribution in [1.82, 2.24) is 14.4 Å². The van der Waals surface area contributed by atoms with Crippen molar-refractivity contribution in [3.63, 3.8) is 0 Å². The van der Waals surface area contributed by atoms with Crippen molar-refractivity contribution in [3.8, 4) is 0 Å². The van der Waals surface area contributed by atoms with Gasteiger partial charge >= 0.3 is 0 Å². The summed E-state index contributed by atoms with van der Waals surface area (Å²) in [6.45, 7) is 0. The first-order valence-corrected chi connectivity index (χ1v) is 6.06. The number of nitrogen functional groups attached to an aromatic ring is 1. The van der Waals surface area contributed by atoms with E-state index in [1.165, 1.54) is 0 Å². The highest BCUT2D eigenvalue weighted by Gasteiger charge is 2.07. The molecule has 0 atom stereocenters. The summed E-state index contributed by atoms with van der Waals surface area (Å²) in [5.41, 5.74) is 6.55. The lowest BCUT2D eigenvalue weighted by Gasteiger charge is -2.03. The molecule has 0 radical (unpaired) electrons. The smallest absolute Gasteiger partial charge is 0.169 e. The number of rotatable bonds is 3. The Morgan fingerprint density at radius 2 is 2.41 bits per heavy atom. The predicted molar refractivity (Wildman–Crippen MR) is 65.7 cm³/mol. The standard InChI is InChI=1S/C11H10N4OS/c12-9-6-15-4-3-13-10(15)11(14-9)17-7-8-2-1-5-16-8/h1-6H,7,12H2. The second-order valence-corrected chi connectivity index (χ2v) is 4.46. The number of nitrogens with zero attached hydrogens (tertiary/aromatic N) is 3. The second-order valence-electron chi connectivity index (χ2n) is 3.50. The van der Waals surface area contributed by atoms with Gasteiger partial charge in [0.2, 0.25) is 0 Å². The molecule has 17 heavy (non-hydrogen) atoms. The topological polar surface area (TPSA) is 69.3 Å². The molecule has 3 heterocycles. The second kappa shape index (κ2) is 4.14. The molecule has 0 aliphatic carbocycles. The van der Waals surface area contributed by atoms with E-state index in [2.05, 4.69) is 9.97 Å². The maximum absolute atomic E-state index is 5.74. The lowest BCUT2D eigenvalue weighted by molar-refractivity contribution is 0.530. The van der Waals surface area contributed by atoms with E-state index >= 15 is 0 Å². The zero-order chi connectivity index (χ0) is 11.7. The highest BCUT2D eigenvalue weighted by Crippen LogP contribution is 2.25. The van der Waals surface area contributed by atoms with E-state index < -0.39 is 0 Å². The Kier molecular flexibility index (Phi) is 2.49. The fraction of sp³-hybridized carbons (Fsp3) is 0.0909. The van der Waals surface area contributed by atoms with E-state index in [9.17, 15) is 0 Å². The summed E-state index contributed by atoms with van der Waals surface area (Å²) in [6.07, 6.45) is 6.99. The van der Waals surface area contributed by atoms with Crippen molar-refractivity contribution in [1.29, 1.82) is 0 Å². The third-order valence-electron chi connectivity index (χ3n) is 2.29. The molecule has 86 valence electrons. The first-order valence-electron chi connectivity index (χ1n) is 5.07. The number of hydrogen-bond donors (Lipinski definition) is 1. The van der Waals surface area contributed by atoms with Gasteiger partial charge in [-0.1, -0.05) is 11.8 Å². The van der Waals surface area contributed by atoms with E-state index in [-0.39, 0.29) is 0 Å². The van der Waals surface area contributed by atoms with Gasteiger partial charge in [0.1, 0.15) is 16.6 Å². The van der Waals surface area contributed by atoms with Crippen LogP contribution in [0.25, 0.3) is 5.65 Å². The Morgan fingerprint density at radius 1 is 1.47 bits per heavy atom. The molecule has 0 unspecified atom stereocenters. The molecule has 3 aromatic rings. The summed E-state index contributed by atoms with van der Waals surface area (Å²) < 4.78 is 7.14. The average Bonchev–Trinajstić information content (AvgIpc) is 2.95.